The first kappa shape index (κ1) is 13.8. The lowest BCUT2D eigenvalue weighted by Gasteiger charge is -2.06. The predicted octanol–water partition coefficient (Wildman–Crippen LogP) is 2.58. The second-order valence-corrected chi connectivity index (χ2v) is 5.08. The van der Waals surface area contributed by atoms with Crippen molar-refractivity contribution < 1.29 is 8.91 Å². The van der Waals surface area contributed by atoms with Crippen molar-refractivity contribution in [2.75, 3.05) is 0 Å². The number of halogens is 1. The normalized spacial score (nSPS) is 12.5. The minimum Gasteiger partial charge on any atom is -0.337 e. The summed E-state index contributed by atoms with van der Waals surface area (Å²) in [6, 6.07) is 5.94. The van der Waals surface area contributed by atoms with E-state index in [2.05, 4.69) is 25.0 Å². The molecular weight excluding hydrogens is 293 g/mol. The molecule has 1 unspecified atom stereocenters. The monoisotopic (exact) mass is 305 g/mol. The van der Waals surface area contributed by atoms with Crippen LogP contribution in [0.4, 0.5) is 4.39 Å². The van der Waals surface area contributed by atoms with E-state index in [1.165, 1.54) is 23.7 Å². The van der Waals surface area contributed by atoms with Crippen LogP contribution in [0, 0.1) is 5.82 Å². The van der Waals surface area contributed by atoms with Crippen molar-refractivity contribution in [1.82, 2.24) is 25.0 Å². The molecule has 1 N–H and O–H groups in total. The Balaban J connectivity index is 1.69. The van der Waals surface area contributed by atoms with E-state index >= 15 is 0 Å². The molecule has 21 heavy (non-hydrogen) atoms. The molecule has 1 aromatic carbocycles. The van der Waals surface area contributed by atoms with Crippen molar-refractivity contribution in [3.63, 3.8) is 0 Å². The molecular formula is C13H12FN5OS. The predicted molar refractivity (Wildman–Crippen MR) is 74.9 cm³/mol. The Morgan fingerprint density at radius 1 is 1.43 bits per heavy atom. The second-order valence-electron chi connectivity index (χ2n) is 4.47. The summed E-state index contributed by atoms with van der Waals surface area (Å²) >= 11 is 1.30. The summed E-state index contributed by atoms with van der Waals surface area (Å²) < 4.78 is 22.2. The smallest absolute Gasteiger partial charge is 0.243 e. The third-order valence-corrected chi connectivity index (χ3v) is 3.44. The molecule has 0 radical (unpaired) electrons. The zero-order valence-electron chi connectivity index (χ0n) is 11.2. The Bertz CT molecular complexity index is 715. The number of rotatable bonds is 5. The van der Waals surface area contributed by atoms with Crippen molar-refractivity contribution in [2.45, 2.75) is 19.5 Å². The molecule has 0 saturated carbocycles. The molecule has 0 aliphatic carbocycles. The van der Waals surface area contributed by atoms with Crippen LogP contribution in [-0.4, -0.2) is 19.7 Å². The maximum Gasteiger partial charge on any atom is 0.243 e. The van der Waals surface area contributed by atoms with Crippen molar-refractivity contribution in [3.05, 3.63) is 47.0 Å². The number of nitrogens with zero attached hydrogens (tertiary/aromatic N) is 4. The first-order valence-corrected chi connectivity index (χ1v) is 7.15. The Labute approximate surface area is 124 Å². The third kappa shape index (κ3) is 3.29. The molecule has 1 atom stereocenters. The molecule has 0 saturated heterocycles. The van der Waals surface area contributed by atoms with Crippen LogP contribution in [0.5, 0.6) is 0 Å². The summed E-state index contributed by atoms with van der Waals surface area (Å²) in [5.41, 5.74) is 1.44. The maximum atomic E-state index is 13.2. The van der Waals surface area contributed by atoms with Gasteiger partial charge in [-0.15, -0.1) is 5.10 Å². The Morgan fingerprint density at radius 2 is 2.33 bits per heavy atom. The van der Waals surface area contributed by atoms with Gasteiger partial charge in [0.05, 0.1) is 11.7 Å². The Hall–Kier alpha value is -2.19. The molecule has 0 bridgehead atoms. The first-order chi connectivity index (χ1) is 10.2. The maximum absolute atomic E-state index is 13.2. The van der Waals surface area contributed by atoms with Crippen LogP contribution in [0.1, 0.15) is 24.6 Å². The van der Waals surface area contributed by atoms with Gasteiger partial charge in [0, 0.05) is 17.5 Å². The van der Waals surface area contributed by atoms with Gasteiger partial charge in [-0.1, -0.05) is 21.8 Å². The van der Waals surface area contributed by atoms with E-state index in [1.54, 1.807) is 12.1 Å². The summed E-state index contributed by atoms with van der Waals surface area (Å²) in [6.07, 6.45) is 0. The van der Waals surface area contributed by atoms with Crippen LogP contribution < -0.4 is 5.32 Å². The zero-order valence-corrected chi connectivity index (χ0v) is 12.0. The standard InChI is InChI=1S/C13H12FN5OS/c1-8(15-6-11-7-21-19-17-11)13-16-12(18-20-13)9-3-2-4-10(14)5-9/h2-5,7-8,15H,6H2,1H3. The van der Waals surface area contributed by atoms with E-state index in [4.69, 9.17) is 4.52 Å². The van der Waals surface area contributed by atoms with E-state index in [9.17, 15) is 4.39 Å². The molecule has 2 aromatic heterocycles. The zero-order chi connectivity index (χ0) is 14.7. The minimum atomic E-state index is -0.332. The van der Waals surface area contributed by atoms with Crippen molar-refractivity contribution in [2.24, 2.45) is 0 Å². The molecule has 2 heterocycles. The quantitative estimate of drug-likeness (QED) is 0.780. The van der Waals surface area contributed by atoms with Gasteiger partial charge >= 0.3 is 0 Å². The summed E-state index contributed by atoms with van der Waals surface area (Å²) in [7, 11) is 0. The molecule has 108 valence electrons. The molecule has 3 aromatic rings. The summed E-state index contributed by atoms with van der Waals surface area (Å²) in [5, 5.41) is 12.9. The lowest BCUT2D eigenvalue weighted by Crippen LogP contribution is -2.18. The SMILES string of the molecule is CC(NCc1csnn1)c1nc(-c2cccc(F)c2)no1. The number of hydrogen-bond acceptors (Lipinski definition) is 7. The number of aromatic nitrogens is 4. The molecule has 0 fully saturated rings. The van der Waals surface area contributed by atoms with Crippen LogP contribution in [0.3, 0.4) is 0 Å². The molecule has 0 spiro atoms. The summed E-state index contributed by atoms with van der Waals surface area (Å²) in [4.78, 5) is 4.28. The molecule has 8 heteroatoms. The fourth-order valence-electron chi connectivity index (χ4n) is 1.76. The van der Waals surface area contributed by atoms with Gasteiger partial charge in [-0.05, 0) is 30.6 Å². The molecule has 3 rings (SSSR count). The van der Waals surface area contributed by atoms with Gasteiger partial charge in [-0.3, -0.25) is 0 Å². The largest absolute Gasteiger partial charge is 0.337 e. The first-order valence-electron chi connectivity index (χ1n) is 6.31. The average Bonchev–Trinajstić information content (AvgIpc) is 3.16. The lowest BCUT2D eigenvalue weighted by atomic mass is 10.2. The second kappa shape index (κ2) is 6.06. The number of hydrogen-bond donors (Lipinski definition) is 1. The Kier molecular flexibility index (Phi) is 3.98. The average molecular weight is 305 g/mol. The molecule has 0 amide bonds. The third-order valence-electron chi connectivity index (χ3n) is 2.89. The van der Waals surface area contributed by atoms with Gasteiger partial charge in [0.15, 0.2) is 0 Å². The van der Waals surface area contributed by atoms with Crippen LogP contribution in [0.25, 0.3) is 11.4 Å². The topological polar surface area (TPSA) is 76.7 Å². The highest BCUT2D eigenvalue weighted by Crippen LogP contribution is 2.19. The Morgan fingerprint density at radius 3 is 3.10 bits per heavy atom. The molecule has 0 aliphatic rings. The van der Waals surface area contributed by atoms with E-state index in [1.807, 2.05) is 12.3 Å². The van der Waals surface area contributed by atoms with E-state index < -0.39 is 0 Å². The van der Waals surface area contributed by atoms with Crippen LogP contribution in [0.15, 0.2) is 34.2 Å². The minimum absolute atomic E-state index is 0.137. The van der Waals surface area contributed by atoms with Gasteiger partial charge < -0.3 is 9.84 Å². The van der Waals surface area contributed by atoms with Gasteiger partial charge in [-0.2, -0.15) is 4.98 Å². The van der Waals surface area contributed by atoms with Crippen molar-refractivity contribution in [3.8, 4) is 11.4 Å². The lowest BCUT2D eigenvalue weighted by molar-refractivity contribution is 0.338. The fourth-order valence-corrected chi connectivity index (χ4v) is 2.21. The number of nitrogens with one attached hydrogen (secondary N) is 1. The van der Waals surface area contributed by atoms with Gasteiger partial charge in [0.2, 0.25) is 11.7 Å². The highest BCUT2D eigenvalue weighted by molar-refractivity contribution is 7.03. The van der Waals surface area contributed by atoms with E-state index in [-0.39, 0.29) is 11.9 Å². The molecule has 6 nitrogen and oxygen atoms in total. The molecule has 0 aliphatic heterocycles. The van der Waals surface area contributed by atoms with Gasteiger partial charge in [0.1, 0.15) is 5.82 Å². The summed E-state index contributed by atoms with van der Waals surface area (Å²) in [6.45, 7) is 2.47. The van der Waals surface area contributed by atoms with E-state index in [0.717, 1.165) is 5.69 Å². The fraction of sp³-hybridized carbons (Fsp3) is 0.231. The van der Waals surface area contributed by atoms with Gasteiger partial charge in [-0.25, -0.2) is 4.39 Å². The van der Waals surface area contributed by atoms with Crippen molar-refractivity contribution in [1.29, 1.82) is 0 Å². The van der Waals surface area contributed by atoms with Gasteiger partial charge in [0.25, 0.3) is 0 Å². The van der Waals surface area contributed by atoms with Crippen LogP contribution in [0.2, 0.25) is 0 Å². The summed E-state index contributed by atoms with van der Waals surface area (Å²) in [5.74, 6) is 0.479. The number of benzene rings is 1. The van der Waals surface area contributed by atoms with Crippen molar-refractivity contribution >= 4 is 11.5 Å². The highest BCUT2D eigenvalue weighted by Gasteiger charge is 2.15. The van der Waals surface area contributed by atoms with E-state index in [0.29, 0.717) is 23.8 Å². The van der Waals surface area contributed by atoms with Crippen LogP contribution in [-0.2, 0) is 6.54 Å². The van der Waals surface area contributed by atoms with Crippen LogP contribution >= 0.6 is 11.5 Å². The highest BCUT2D eigenvalue weighted by atomic mass is 32.1.